The van der Waals surface area contributed by atoms with Gasteiger partial charge in [-0.2, -0.15) is 0 Å². The predicted octanol–water partition coefficient (Wildman–Crippen LogP) is 8.89. The van der Waals surface area contributed by atoms with Crippen LogP contribution in [-0.4, -0.2) is 5.78 Å². The standard InChI is InChI=1S/C25H50O/c1-5-9-13-15-17-21-23(19-11-7-3)25(26)24(20-12-8-4)22-18-16-14-10-6-2/h23-24H,5-22H2,1-4H3. The number of unbranched alkanes of at least 4 members (excludes halogenated alkanes) is 10. The molecule has 0 spiro atoms. The summed E-state index contributed by atoms with van der Waals surface area (Å²) in [5.74, 6) is 1.35. The first kappa shape index (κ1) is 25.7. The van der Waals surface area contributed by atoms with E-state index in [4.69, 9.17) is 0 Å². The second-order valence-electron chi connectivity index (χ2n) is 8.49. The van der Waals surface area contributed by atoms with Crippen molar-refractivity contribution in [2.24, 2.45) is 11.8 Å². The molecular formula is C25H50O. The summed E-state index contributed by atoms with van der Waals surface area (Å²) in [6, 6.07) is 0. The SMILES string of the molecule is CCCCCCCC(CCCC)C(=O)C(CCCC)CCCCCCC. The Bertz CT molecular complexity index is 269. The van der Waals surface area contributed by atoms with Crippen molar-refractivity contribution in [1.82, 2.24) is 0 Å². The van der Waals surface area contributed by atoms with Crippen LogP contribution in [0.15, 0.2) is 0 Å². The molecule has 156 valence electrons. The van der Waals surface area contributed by atoms with Crippen LogP contribution >= 0.6 is 0 Å². The van der Waals surface area contributed by atoms with Crippen LogP contribution in [0.3, 0.4) is 0 Å². The summed E-state index contributed by atoms with van der Waals surface area (Å²) in [5, 5.41) is 0. The quantitative estimate of drug-likeness (QED) is 0.197. The Morgan fingerprint density at radius 2 is 0.769 bits per heavy atom. The molecule has 0 bridgehead atoms. The molecule has 26 heavy (non-hydrogen) atoms. The van der Waals surface area contributed by atoms with Crippen molar-refractivity contribution in [3.63, 3.8) is 0 Å². The Morgan fingerprint density at radius 3 is 1.12 bits per heavy atom. The first-order chi connectivity index (χ1) is 12.7. The number of hydrogen-bond acceptors (Lipinski definition) is 1. The summed E-state index contributed by atoms with van der Waals surface area (Å²) in [5.41, 5.74) is 0. The van der Waals surface area contributed by atoms with Crippen molar-refractivity contribution in [3.8, 4) is 0 Å². The van der Waals surface area contributed by atoms with Crippen molar-refractivity contribution in [1.29, 1.82) is 0 Å². The molecule has 0 heterocycles. The van der Waals surface area contributed by atoms with Crippen molar-refractivity contribution >= 4 is 5.78 Å². The maximum atomic E-state index is 13.3. The second-order valence-corrected chi connectivity index (χ2v) is 8.49. The molecule has 1 heteroatoms. The van der Waals surface area contributed by atoms with Gasteiger partial charge in [-0.15, -0.1) is 0 Å². The Balaban J connectivity index is 4.53. The minimum absolute atomic E-state index is 0.356. The third-order valence-corrected chi connectivity index (χ3v) is 5.93. The van der Waals surface area contributed by atoms with E-state index in [2.05, 4.69) is 27.7 Å². The van der Waals surface area contributed by atoms with Gasteiger partial charge < -0.3 is 0 Å². The van der Waals surface area contributed by atoms with Gasteiger partial charge in [0.15, 0.2) is 0 Å². The third-order valence-electron chi connectivity index (χ3n) is 5.93. The van der Waals surface area contributed by atoms with Crippen molar-refractivity contribution in [2.45, 2.75) is 143 Å². The summed E-state index contributed by atoms with van der Waals surface area (Å²) in [7, 11) is 0. The van der Waals surface area contributed by atoms with Crippen LogP contribution in [0.5, 0.6) is 0 Å². The highest BCUT2D eigenvalue weighted by molar-refractivity contribution is 5.83. The van der Waals surface area contributed by atoms with E-state index in [1.54, 1.807) is 0 Å². The van der Waals surface area contributed by atoms with Crippen LogP contribution in [0, 0.1) is 11.8 Å². The lowest BCUT2D eigenvalue weighted by molar-refractivity contribution is -0.127. The van der Waals surface area contributed by atoms with E-state index in [0.29, 0.717) is 17.6 Å². The fourth-order valence-electron chi connectivity index (χ4n) is 4.08. The molecule has 0 aromatic rings. The predicted molar refractivity (Wildman–Crippen MR) is 118 cm³/mol. The maximum absolute atomic E-state index is 13.3. The van der Waals surface area contributed by atoms with Gasteiger partial charge in [0.1, 0.15) is 5.78 Å². The second kappa shape index (κ2) is 19.4. The minimum atomic E-state index is 0.356. The summed E-state index contributed by atoms with van der Waals surface area (Å²) in [6.45, 7) is 9.05. The number of hydrogen-bond donors (Lipinski definition) is 0. The van der Waals surface area contributed by atoms with Crippen molar-refractivity contribution in [2.75, 3.05) is 0 Å². The molecule has 0 rings (SSSR count). The van der Waals surface area contributed by atoms with E-state index in [-0.39, 0.29) is 0 Å². The molecule has 1 nitrogen and oxygen atoms in total. The van der Waals surface area contributed by atoms with Crippen LogP contribution < -0.4 is 0 Å². The summed E-state index contributed by atoms with van der Waals surface area (Å²) in [4.78, 5) is 13.3. The summed E-state index contributed by atoms with van der Waals surface area (Å²) in [6.07, 6.45) is 22.6. The molecule has 0 aliphatic carbocycles. The Morgan fingerprint density at radius 1 is 0.462 bits per heavy atom. The molecule has 0 aliphatic heterocycles. The smallest absolute Gasteiger partial charge is 0.139 e. The van der Waals surface area contributed by atoms with Gasteiger partial charge >= 0.3 is 0 Å². The normalized spacial score (nSPS) is 13.7. The maximum Gasteiger partial charge on any atom is 0.139 e. The molecule has 0 amide bonds. The number of ketones is 1. The molecule has 0 N–H and O–H groups in total. The van der Waals surface area contributed by atoms with Gasteiger partial charge in [-0.3, -0.25) is 4.79 Å². The summed E-state index contributed by atoms with van der Waals surface area (Å²) < 4.78 is 0. The van der Waals surface area contributed by atoms with Gasteiger partial charge in [-0.1, -0.05) is 118 Å². The fourth-order valence-corrected chi connectivity index (χ4v) is 4.08. The molecule has 0 saturated heterocycles. The fraction of sp³-hybridized carbons (Fsp3) is 0.960. The Hall–Kier alpha value is -0.330. The summed E-state index contributed by atoms with van der Waals surface area (Å²) >= 11 is 0. The van der Waals surface area contributed by atoms with Gasteiger partial charge in [0, 0.05) is 11.8 Å². The molecule has 0 saturated carbocycles. The molecule has 2 atom stereocenters. The van der Waals surface area contributed by atoms with E-state index in [0.717, 1.165) is 25.7 Å². The zero-order chi connectivity index (χ0) is 19.5. The molecule has 0 aromatic heterocycles. The van der Waals surface area contributed by atoms with Crippen molar-refractivity contribution in [3.05, 3.63) is 0 Å². The monoisotopic (exact) mass is 366 g/mol. The molecule has 0 fully saturated rings. The lowest BCUT2D eigenvalue weighted by Gasteiger charge is -2.23. The zero-order valence-corrected chi connectivity index (χ0v) is 18.8. The molecular weight excluding hydrogens is 316 g/mol. The van der Waals surface area contributed by atoms with E-state index in [9.17, 15) is 4.79 Å². The van der Waals surface area contributed by atoms with Crippen LogP contribution in [0.25, 0.3) is 0 Å². The molecule has 2 unspecified atom stereocenters. The topological polar surface area (TPSA) is 17.1 Å². The average molecular weight is 367 g/mol. The lowest BCUT2D eigenvalue weighted by Crippen LogP contribution is -2.24. The number of carbonyl (C=O) groups excluding carboxylic acids is 1. The van der Waals surface area contributed by atoms with Gasteiger partial charge in [0.2, 0.25) is 0 Å². The average Bonchev–Trinajstić information content (AvgIpc) is 2.65. The zero-order valence-electron chi connectivity index (χ0n) is 18.8. The molecule has 0 aromatic carbocycles. The number of Topliss-reactive ketones (excluding diaryl/α,β-unsaturated/α-hetero) is 1. The van der Waals surface area contributed by atoms with Crippen LogP contribution in [0.4, 0.5) is 0 Å². The first-order valence-corrected chi connectivity index (χ1v) is 12.2. The lowest BCUT2D eigenvalue weighted by atomic mass is 9.81. The molecule has 0 aliphatic rings. The van der Waals surface area contributed by atoms with Crippen LogP contribution in [0.1, 0.15) is 143 Å². The molecule has 0 radical (unpaired) electrons. The van der Waals surface area contributed by atoms with Crippen LogP contribution in [0.2, 0.25) is 0 Å². The largest absolute Gasteiger partial charge is 0.299 e. The Kier molecular flexibility index (Phi) is 19.2. The number of rotatable bonds is 20. The minimum Gasteiger partial charge on any atom is -0.299 e. The first-order valence-electron chi connectivity index (χ1n) is 12.2. The van der Waals surface area contributed by atoms with Gasteiger partial charge in [-0.25, -0.2) is 0 Å². The highest BCUT2D eigenvalue weighted by Gasteiger charge is 2.25. The highest BCUT2D eigenvalue weighted by atomic mass is 16.1. The van der Waals surface area contributed by atoms with Gasteiger partial charge in [0.05, 0.1) is 0 Å². The van der Waals surface area contributed by atoms with Crippen molar-refractivity contribution < 1.29 is 4.79 Å². The Labute approximate surface area is 166 Å². The van der Waals surface area contributed by atoms with E-state index in [1.165, 1.54) is 89.9 Å². The highest BCUT2D eigenvalue weighted by Crippen LogP contribution is 2.27. The van der Waals surface area contributed by atoms with Crippen LogP contribution in [-0.2, 0) is 4.79 Å². The number of carbonyl (C=O) groups is 1. The third kappa shape index (κ3) is 13.8. The van der Waals surface area contributed by atoms with E-state index >= 15 is 0 Å². The van der Waals surface area contributed by atoms with Gasteiger partial charge in [-0.05, 0) is 25.7 Å². The van der Waals surface area contributed by atoms with Gasteiger partial charge in [0.25, 0.3) is 0 Å². The van der Waals surface area contributed by atoms with E-state index < -0.39 is 0 Å². The van der Waals surface area contributed by atoms with E-state index in [1.807, 2.05) is 0 Å².